The average Bonchev–Trinajstić information content (AvgIpc) is 3.32. The lowest BCUT2D eigenvalue weighted by atomic mass is 10.0. The van der Waals surface area contributed by atoms with Crippen molar-refractivity contribution in [1.82, 2.24) is 9.97 Å². The summed E-state index contributed by atoms with van der Waals surface area (Å²) >= 11 is 2.70. The van der Waals surface area contributed by atoms with Crippen molar-refractivity contribution in [3.05, 3.63) is 84.0 Å². The van der Waals surface area contributed by atoms with Crippen LogP contribution in [-0.2, 0) is 9.53 Å². The number of amides is 1. The molecule has 0 aliphatic rings. The lowest BCUT2D eigenvalue weighted by Gasteiger charge is -2.15. The van der Waals surface area contributed by atoms with Crippen molar-refractivity contribution < 1.29 is 14.3 Å². The number of esters is 1. The molecule has 1 amide bonds. The van der Waals surface area contributed by atoms with Gasteiger partial charge < -0.3 is 10.1 Å². The van der Waals surface area contributed by atoms with Gasteiger partial charge in [0.25, 0.3) is 0 Å². The van der Waals surface area contributed by atoms with E-state index in [2.05, 4.69) is 15.3 Å². The van der Waals surface area contributed by atoms with E-state index in [1.807, 2.05) is 79.0 Å². The molecule has 0 fully saturated rings. The third-order valence-corrected chi connectivity index (χ3v) is 7.42. The molecule has 35 heavy (non-hydrogen) atoms. The number of benzene rings is 2. The standard InChI is InChI=1S/C27H25N3O3S2/c1-3-22(35-23-15-21(28-17-29-23)19-13-9-6-10-14-19)25(31)30-26-24(27(32)33-4-2)20(16-34-26)18-11-7-5-8-12-18/h5-17,22H,3-4H2,1-2H3,(H,30,31). The zero-order chi connectivity index (χ0) is 24.6. The Bertz CT molecular complexity index is 1290. The van der Waals surface area contributed by atoms with Crippen molar-refractivity contribution in [3.63, 3.8) is 0 Å². The molecule has 4 rings (SSSR count). The van der Waals surface area contributed by atoms with Crippen LogP contribution in [0.25, 0.3) is 22.4 Å². The highest BCUT2D eigenvalue weighted by Crippen LogP contribution is 2.37. The summed E-state index contributed by atoms with van der Waals surface area (Å²) in [5.74, 6) is -0.642. The van der Waals surface area contributed by atoms with Gasteiger partial charge in [-0.2, -0.15) is 0 Å². The smallest absolute Gasteiger partial charge is 0.341 e. The molecule has 178 valence electrons. The minimum Gasteiger partial charge on any atom is -0.462 e. The van der Waals surface area contributed by atoms with Gasteiger partial charge in [0.05, 0.1) is 17.6 Å². The number of hydrogen-bond donors (Lipinski definition) is 1. The van der Waals surface area contributed by atoms with Crippen LogP contribution < -0.4 is 5.32 Å². The lowest BCUT2D eigenvalue weighted by molar-refractivity contribution is -0.115. The number of nitrogens with one attached hydrogen (secondary N) is 1. The number of nitrogens with zero attached hydrogens (tertiary/aromatic N) is 2. The molecule has 6 nitrogen and oxygen atoms in total. The molecule has 2 heterocycles. The molecule has 0 aliphatic carbocycles. The first-order valence-electron chi connectivity index (χ1n) is 11.3. The summed E-state index contributed by atoms with van der Waals surface area (Å²) in [6.07, 6.45) is 2.10. The number of thioether (sulfide) groups is 1. The van der Waals surface area contributed by atoms with Gasteiger partial charge in [-0.05, 0) is 25.0 Å². The van der Waals surface area contributed by atoms with Crippen LogP contribution in [0.3, 0.4) is 0 Å². The average molecular weight is 504 g/mol. The van der Waals surface area contributed by atoms with E-state index in [0.29, 0.717) is 22.0 Å². The molecule has 1 N–H and O–H groups in total. The molecule has 0 bridgehead atoms. The molecule has 0 aliphatic heterocycles. The van der Waals surface area contributed by atoms with Gasteiger partial charge in [-0.15, -0.1) is 11.3 Å². The van der Waals surface area contributed by atoms with Gasteiger partial charge in [-0.3, -0.25) is 4.79 Å². The van der Waals surface area contributed by atoms with Gasteiger partial charge in [0.1, 0.15) is 21.9 Å². The summed E-state index contributed by atoms with van der Waals surface area (Å²) in [4.78, 5) is 34.8. The highest BCUT2D eigenvalue weighted by atomic mass is 32.2. The summed E-state index contributed by atoms with van der Waals surface area (Å²) in [5, 5.41) is 5.65. The van der Waals surface area contributed by atoms with Crippen LogP contribution in [0.5, 0.6) is 0 Å². The van der Waals surface area contributed by atoms with Crippen LogP contribution in [0, 0.1) is 0 Å². The SMILES string of the molecule is CCOC(=O)c1c(-c2ccccc2)csc1NC(=O)C(CC)Sc1cc(-c2ccccc2)ncn1. The van der Waals surface area contributed by atoms with Crippen molar-refractivity contribution in [2.75, 3.05) is 11.9 Å². The van der Waals surface area contributed by atoms with E-state index in [0.717, 1.165) is 22.4 Å². The van der Waals surface area contributed by atoms with E-state index in [1.54, 1.807) is 6.92 Å². The summed E-state index contributed by atoms with van der Waals surface area (Å²) < 4.78 is 5.30. The topological polar surface area (TPSA) is 81.2 Å². The second-order valence-corrected chi connectivity index (χ2v) is 9.65. The van der Waals surface area contributed by atoms with Gasteiger partial charge in [-0.1, -0.05) is 79.3 Å². The molecule has 1 atom stereocenters. The van der Waals surface area contributed by atoms with Crippen LogP contribution >= 0.6 is 23.1 Å². The lowest BCUT2D eigenvalue weighted by Crippen LogP contribution is -2.25. The largest absolute Gasteiger partial charge is 0.462 e. The zero-order valence-electron chi connectivity index (χ0n) is 19.4. The maximum atomic E-state index is 13.3. The fraction of sp³-hybridized carbons (Fsp3) is 0.185. The van der Waals surface area contributed by atoms with Gasteiger partial charge in [0.2, 0.25) is 5.91 Å². The van der Waals surface area contributed by atoms with Crippen molar-refractivity contribution >= 4 is 40.0 Å². The number of carbonyl (C=O) groups is 2. The van der Waals surface area contributed by atoms with E-state index >= 15 is 0 Å². The molecular formula is C27H25N3O3S2. The Kier molecular flexibility index (Phi) is 8.28. The first kappa shape index (κ1) is 24.6. The van der Waals surface area contributed by atoms with Gasteiger partial charge >= 0.3 is 5.97 Å². The van der Waals surface area contributed by atoms with E-state index in [1.165, 1.54) is 29.4 Å². The van der Waals surface area contributed by atoms with E-state index in [4.69, 9.17) is 4.74 Å². The van der Waals surface area contributed by atoms with E-state index in [9.17, 15) is 9.59 Å². The zero-order valence-corrected chi connectivity index (χ0v) is 21.1. The van der Waals surface area contributed by atoms with Crippen molar-refractivity contribution in [3.8, 4) is 22.4 Å². The fourth-order valence-corrected chi connectivity index (χ4v) is 5.39. The minimum absolute atomic E-state index is 0.190. The van der Waals surface area contributed by atoms with Gasteiger partial charge in [-0.25, -0.2) is 14.8 Å². The predicted octanol–water partition coefficient (Wildman–Crippen LogP) is 6.56. The Morgan fingerprint density at radius 3 is 2.34 bits per heavy atom. The van der Waals surface area contributed by atoms with Crippen molar-refractivity contribution in [2.24, 2.45) is 0 Å². The molecule has 0 spiro atoms. The van der Waals surface area contributed by atoms with Crippen LogP contribution in [0.1, 0.15) is 30.6 Å². The number of hydrogen-bond acceptors (Lipinski definition) is 7. The number of thiophene rings is 1. The monoisotopic (exact) mass is 503 g/mol. The molecule has 8 heteroatoms. The number of rotatable bonds is 9. The minimum atomic E-state index is -0.452. The van der Waals surface area contributed by atoms with Gasteiger partial charge in [0, 0.05) is 16.5 Å². The Hall–Kier alpha value is -3.49. The first-order chi connectivity index (χ1) is 17.1. The molecule has 1 unspecified atom stereocenters. The first-order valence-corrected chi connectivity index (χ1v) is 13.1. The Labute approximate surface area is 212 Å². The summed E-state index contributed by atoms with van der Waals surface area (Å²) in [5.41, 5.74) is 3.80. The molecular weight excluding hydrogens is 478 g/mol. The quantitative estimate of drug-likeness (QED) is 0.158. The van der Waals surface area contributed by atoms with Crippen molar-refractivity contribution in [1.29, 1.82) is 0 Å². The summed E-state index contributed by atoms with van der Waals surface area (Å²) in [6, 6.07) is 21.3. The van der Waals surface area contributed by atoms with Crippen LogP contribution in [0.2, 0.25) is 0 Å². The Morgan fingerprint density at radius 2 is 1.69 bits per heavy atom. The second-order valence-electron chi connectivity index (χ2n) is 7.55. The number of anilines is 1. The third kappa shape index (κ3) is 5.96. The summed E-state index contributed by atoms with van der Waals surface area (Å²) in [6.45, 7) is 3.97. The third-order valence-electron chi connectivity index (χ3n) is 5.23. The van der Waals surface area contributed by atoms with Crippen LogP contribution in [-0.4, -0.2) is 33.7 Å². The van der Waals surface area contributed by atoms with Crippen LogP contribution in [0.15, 0.2) is 83.5 Å². The van der Waals surface area contributed by atoms with Crippen LogP contribution in [0.4, 0.5) is 5.00 Å². The van der Waals surface area contributed by atoms with Gasteiger partial charge in [0.15, 0.2) is 0 Å². The Morgan fingerprint density at radius 1 is 1.00 bits per heavy atom. The highest BCUT2D eigenvalue weighted by Gasteiger charge is 2.26. The fourth-order valence-electron chi connectivity index (χ4n) is 3.52. The molecule has 2 aromatic heterocycles. The summed E-state index contributed by atoms with van der Waals surface area (Å²) in [7, 11) is 0. The predicted molar refractivity (Wildman–Crippen MR) is 142 cm³/mol. The van der Waals surface area contributed by atoms with E-state index < -0.39 is 11.2 Å². The maximum Gasteiger partial charge on any atom is 0.341 e. The second kappa shape index (κ2) is 11.8. The number of carbonyl (C=O) groups excluding carboxylic acids is 2. The van der Waals surface area contributed by atoms with E-state index in [-0.39, 0.29) is 12.5 Å². The van der Waals surface area contributed by atoms with Crippen molar-refractivity contribution in [2.45, 2.75) is 30.5 Å². The molecule has 4 aromatic rings. The number of aromatic nitrogens is 2. The molecule has 2 aromatic carbocycles. The molecule has 0 saturated carbocycles. The molecule has 0 radical (unpaired) electrons. The maximum absolute atomic E-state index is 13.3. The number of ether oxygens (including phenoxy) is 1. The highest BCUT2D eigenvalue weighted by molar-refractivity contribution is 8.00. The Balaban J connectivity index is 1.56. The molecule has 0 saturated heterocycles. The normalized spacial score (nSPS) is 11.6.